The molecule has 1 heterocycles. The highest BCUT2D eigenvalue weighted by atomic mass is 19.1. The topological polar surface area (TPSA) is 60.7 Å². The molecule has 0 aliphatic heterocycles. The second-order valence-corrected chi connectivity index (χ2v) is 5.66. The summed E-state index contributed by atoms with van der Waals surface area (Å²) in [6, 6.07) is 9.58. The van der Waals surface area contributed by atoms with Gasteiger partial charge in [0.25, 0.3) is 0 Å². The summed E-state index contributed by atoms with van der Waals surface area (Å²) in [5.74, 6) is -2.52. The van der Waals surface area contributed by atoms with Crippen molar-refractivity contribution in [2.45, 2.75) is 12.8 Å². The molecular formula is C19H17F2NO4. The number of hydrogen-bond acceptors (Lipinski definition) is 3. The van der Waals surface area contributed by atoms with Crippen LogP contribution in [0.5, 0.6) is 11.5 Å². The van der Waals surface area contributed by atoms with Gasteiger partial charge in [-0.05, 0) is 24.6 Å². The van der Waals surface area contributed by atoms with Gasteiger partial charge in [-0.2, -0.15) is 0 Å². The van der Waals surface area contributed by atoms with Gasteiger partial charge in [-0.15, -0.1) is 0 Å². The number of rotatable bonds is 7. The van der Waals surface area contributed by atoms with Crippen LogP contribution in [0.1, 0.15) is 12.8 Å². The van der Waals surface area contributed by atoms with E-state index in [1.807, 2.05) is 12.1 Å². The normalized spacial score (nSPS) is 10.9. The van der Waals surface area contributed by atoms with Gasteiger partial charge >= 0.3 is 5.97 Å². The number of halogens is 2. The van der Waals surface area contributed by atoms with Crippen molar-refractivity contribution in [3.8, 4) is 17.2 Å². The molecule has 0 amide bonds. The van der Waals surface area contributed by atoms with E-state index in [0.29, 0.717) is 11.4 Å². The number of carboxylic acids is 1. The van der Waals surface area contributed by atoms with Crippen LogP contribution in [0.2, 0.25) is 0 Å². The summed E-state index contributed by atoms with van der Waals surface area (Å²) in [5, 5.41) is 9.39. The van der Waals surface area contributed by atoms with Crippen LogP contribution >= 0.6 is 0 Å². The Kier molecular flexibility index (Phi) is 5.06. The lowest BCUT2D eigenvalue weighted by molar-refractivity contribution is -0.137. The molecule has 3 aromatic rings. The summed E-state index contributed by atoms with van der Waals surface area (Å²) in [5.41, 5.74) is 1.06. The summed E-state index contributed by atoms with van der Waals surface area (Å²) in [6.45, 7) is -0.0802. The fraction of sp³-hybridized carbons (Fsp3) is 0.211. The summed E-state index contributed by atoms with van der Waals surface area (Å²) in [6.07, 6.45) is 1.74. The van der Waals surface area contributed by atoms with Crippen molar-refractivity contribution in [1.29, 1.82) is 0 Å². The lowest BCUT2D eigenvalue weighted by Crippen LogP contribution is -2.05. The van der Waals surface area contributed by atoms with Gasteiger partial charge in [0.1, 0.15) is 5.75 Å². The predicted octanol–water partition coefficient (Wildman–Crippen LogP) is 4.16. The largest absolute Gasteiger partial charge is 0.496 e. The highest BCUT2D eigenvalue weighted by molar-refractivity contribution is 5.87. The number of benzene rings is 2. The Morgan fingerprint density at radius 3 is 2.58 bits per heavy atom. The van der Waals surface area contributed by atoms with E-state index < -0.39 is 23.4 Å². The Morgan fingerprint density at radius 2 is 1.92 bits per heavy atom. The number of ether oxygens (including phenoxy) is 2. The zero-order chi connectivity index (χ0) is 18.7. The van der Waals surface area contributed by atoms with E-state index >= 15 is 0 Å². The number of hydrogen-bond donors (Lipinski definition) is 1. The Balaban J connectivity index is 1.89. The van der Waals surface area contributed by atoms with E-state index in [4.69, 9.17) is 14.6 Å². The van der Waals surface area contributed by atoms with Gasteiger partial charge in [0, 0.05) is 30.1 Å². The highest BCUT2D eigenvalue weighted by Crippen LogP contribution is 2.31. The fourth-order valence-corrected chi connectivity index (χ4v) is 2.76. The third-order valence-corrected chi connectivity index (χ3v) is 3.96. The van der Waals surface area contributed by atoms with Crippen LogP contribution in [-0.4, -0.2) is 29.4 Å². The monoisotopic (exact) mass is 361 g/mol. The molecule has 2 aromatic carbocycles. The molecule has 0 atom stereocenters. The van der Waals surface area contributed by atoms with E-state index in [1.54, 1.807) is 30.0 Å². The quantitative estimate of drug-likeness (QED) is 0.642. The predicted molar refractivity (Wildman–Crippen MR) is 92.1 cm³/mol. The molecule has 0 aliphatic carbocycles. The first-order chi connectivity index (χ1) is 12.5. The van der Waals surface area contributed by atoms with Gasteiger partial charge in [0.2, 0.25) is 0 Å². The number of aliphatic carboxylic acids is 1. The van der Waals surface area contributed by atoms with Crippen LogP contribution in [0.15, 0.2) is 42.6 Å². The first kappa shape index (κ1) is 17.7. The Morgan fingerprint density at radius 1 is 1.19 bits per heavy atom. The molecule has 7 heteroatoms. The number of methoxy groups -OCH3 is 1. The molecule has 1 aromatic heterocycles. The lowest BCUT2D eigenvalue weighted by atomic mass is 10.2. The minimum atomic E-state index is -0.986. The van der Waals surface area contributed by atoms with Crippen molar-refractivity contribution in [2.75, 3.05) is 13.7 Å². The maximum absolute atomic E-state index is 14.3. The van der Waals surface area contributed by atoms with E-state index in [0.717, 1.165) is 10.9 Å². The van der Waals surface area contributed by atoms with Gasteiger partial charge in [0.05, 0.1) is 24.9 Å². The molecule has 0 unspecified atom stereocenters. The molecule has 136 valence electrons. The third kappa shape index (κ3) is 3.46. The third-order valence-electron chi connectivity index (χ3n) is 3.96. The van der Waals surface area contributed by atoms with Gasteiger partial charge in [-0.1, -0.05) is 6.07 Å². The minimum absolute atomic E-state index is 0.0802. The van der Waals surface area contributed by atoms with Gasteiger partial charge in [-0.25, -0.2) is 8.78 Å². The molecule has 5 nitrogen and oxygen atoms in total. The highest BCUT2D eigenvalue weighted by Gasteiger charge is 2.15. The van der Waals surface area contributed by atoms with Crippen LogP contribution < -0.4 is 9.47 Å². The van der Waals surface area contributed by atoms with Crippen molar-refractivity contribution < 1.29 is 28.2 Å². The second kappa shape index (κ2) is 7.43. The zero-order valence-electron chi connectivity index (χ0n) is 14.0. The number of carboxylic acid groups (broad SMARTS) is 1. The molecule has 3 rings (SSSR count). The van der Waals surface area contributed by atoms with Crippen molar-refractivity contribution in [3.05, 3.63) is 54.2 Å². The molecular weight excluding hydrogens is 344 g/mol. The maximum atomic E-state index is 14.3. The summed E-state index contributed by atoms with van der Waals surface area (Å²) in [4.78, 5) is 10.5. The molecule has 0 aliphatic rings. The van der Waals surface area contributed by atoms with Gasteiger partial charge in [0.15, 0.2) is 17.4 Å². The average Bonchev–Trinajstić information content (AvgIpc) is 3.04. The number of aromatic nitrogens is 1. The first-order valence-corrected chi connectivity index (χ1v) is 7.99. The molecule has 1 N–H and O–H groups in total. The van der Waals surface area contributed by atoms with Gasteiger partial charge < -0.3 is 19.1 Å². The first-order valence-electron chi connectivity index (χ1n) is 7.99. The Hall–Kier alpha value is -3.09. The zero-order valence-corrected chi connectivity index (χ0v) is 14.0. The van der Waals surface area contributed by atoms with Crippen LogP contribution in [0, 0.1) is 11.6 Å². The smallest absolute Gasteiger partial charge is 0.303 e. The van der Waals surface area contributed by atoms with Gasteiger partial charge in [-0.3, -0.25) is 4.79 Å². The molecule has 26 heavy (non-hydrogen) atoms. The lowest BCUT2D eigenvalue weighted by Gasteiger charge is -2.11. The van der Waals surface area contributed by atoms with Crippen molar-refractivity contribution in [2.24, 2.45) is 0 Å². The van der Waals surface area contributed by atoms with E-state index in [-0.39, 0.29) is 19.4 Å². The van der Waals surface area contributed by atoms with Crippen molar-refractivity contribution in [1.82, 2.24) is 4.57 Å². The summed E-state index contributed by atoms with van der Waals surface area (Å²) >= 11 is 0. The van der Waals surface area contributed by atoms with Crippen molar-refractivity contribution in [3.63, 3.8) is 0 Å². The fourth-order valence-electron chi connectivity index (χ4n) is 2.76. The standard InChI is InChI=1S/C19H17F2NO4/c1-25-17-5-2-4-16-13(17)7-8-22(16)12-10-14(20)19(15(21)11-12)26-9-3-6-18(23)24/h2,4-5,7-8,10-11H,3,6,9H2,1H3,(H,23,24). The van der Waals surface area contributed by atoms with Crippen molar-refractivity contribution >= 4 is 16.9 Å². The SMILES string of the molecule is COc1cccc2c1ccn2-c1cc(F)c(OCCCC(=O)O)c(F)c1. The van der Waals surface area contributed by atoms with Crippen LogP contribution in [0.3, 0.4) is 0 Å². The van der Waals surface area contributed by atoms with Crippen LogP contribution in [-0.2, 0) is 4.79 Å². The minimum Gasteiger partial charge on any atom is -0.496 e. The van der Waals surface area contributed by atoms with Crippen LogP contribution in [0.25, 0.3) is 16.6 Å². The molecule has 0 saturated carbocycles. The summed E-state index contributed by atoms with van der Waals surface area (Å²) < 4.78 is 40.6. The van der Waals surface area contributed by atoms with E-state index in [1.165, 1.54) is 12.1 Å². The number of nitrogens with zero attached hydrogens (tertiary/aromatic N) is 1. The molecule has 0 radical (unpaired) electrons. The average molecular weight is 361 g/mol. The maximum Gasteiger partial charge on any atom is 0.303 e. The number of carbonyl (C=O) groups is 1. The molecule has 0 spiro atoms. The molecule has 0 bridgehead atoms. The summed E-state index contributed by atoms with van der Waals surface area (Å²) in [7, 11) is 1.56. The second-order valence-electron chi connectivity index (χ2n) is 5.66. The molecule has 0 saturated heterocycles. The number of fused-ring (bicyclic) bond motifs is 1. The Labute approximate surface area is 148 Å². The van der Waals surface area contributed by atoms with Crippen LogP contribution in [0.4, 0.5) is 8.78 Å². The Bertz CT molecular complexity index is 929. The van der Waals surface area contributed by atoms with E-state index in [2.05, 4.69) is 0 Å². The van der Waals surface area contributed by atoms with E-state index in [9.17, 15) is 13.6 Å². The molecule has 0 fully saturated rings.